The second kappa shape index (κ2) is 7.78. The van der Waals surface area contributed by atoms with Crippen LogP contribution in [0.15, 0.2) is 24.3 Å². The summed E-state index contributed by atoms with van der Waals surface area (Å²) in [4.78, 5) is 12.1. The average Bonchev–Trinajstić information content (AvgIpc) is 2.86. The molecule has 1 aliphatic rings. The molecule has 5 heteroatoms. The van der Waals surface area contributed by atoms with E-state index >= 15 is 0 Å². The van der Waals surface area contributed by atoms with E-state index in [-0.39, 0.29) is 11.9 Å². The van der Waals surface area contributed by atoms with Crippen LogP contribution in [-0.2, 0) is 11.2 Å². The van der Waals surface area contributed by atoms with Crippen LogP contribution in [0.25, 0.3) is 0 Å². The van der Waals surface area contributed by atoms with Crippen LogP contribution in [0.4, 0.5) is 0 Å². The first kappa shape index (κ1) is 16.3. The first-order chi connectivity index (χ1) is 10.0. The average molecular weight is 310 g/mol. The summed E-state index contributed by atoms with van der Waals surface area (Å²) in [6.07, 6.45) is 2.72. The Morgan fingerprint density at radius 3 is 2.95 bits per heavy atom. The number of amides is 1. The topological polar surface area (TPSA) is 53.2 Å². The molecule has 1 aliphatic heterocycles. The molecule has 2 unspecified atom stereocenters. The highest BCUT2D eigenvalue weighted by atomic mass is 35.5. The highest BCUT2D eigenvalue weighted by Crippen LogP contribution is 2.14. The van der Waals surface area contributed by atoms with Gasteiger partial charge in [0.2, 0.25) is 5.91 Å². The summed E-state index contributed by atoms with van der Waals surface area (Å²) in [7, 11) is 0. The molecule has 4 nitrogen and oxygen atoms in total. The van der Waals surface area contributed by atoms with Crippen molar-refractivity contribution < 1.29 is 4.79 Å². The Kier molecular flexibility index (Phi) is 6.03. The normalized spacial score (nSPS) is 21.7. The van der Waals surface area contributed by atoms with Gasteiger partial charge >= 0.3 is 0 Å². The first-order valence-electron chi connectivity index (χ1n) is 7.58. The third-order valence-corrected chi connectivity index (χ3v) is 3.89. The van der Waals surface area contributed by atoms with E-state index < -0.39 is 0 Å². The van der Waals surface area contributed by atoms with Crippen LogP contribution in [0.5, 0.6) is 0 Å². The highest BCUT2D eigenvalue weighted by molar-refractivity contribution is 6.30. The van der Waals surface area contributed by atoms with Crippen molar-refractivity contribution in [1.82, 2.24) is 16.2 Å². The highest BCUT2D eigenvalue weighted by Gasteiger charge is 2.29. The van der Waals surface area contributed by atoms with Crippen LogP contribution < -0.4 is 16.2 Å². The molecular formula is C16H24ClN3O. The van der Waals surface area contributed by atoms with Crippen LogP contribution in [0.3, 0.4) is 0 Å². The predicted octanol–water partition coefficient (Wildman–Crippen LogP) is 2.28. The van der Waals surface area contributed by atoms with Gasteiger partial charge in [0.15, 0.2) is 0 Å². The molecule has 1 aromatic carbocycles. The Morgan fingerprint density at radius 1 is 1.43 bits per heavy atom. The molecule has 0 aromatic heterocycles. The van der Waals surface area contributed by atoms with E-state index in [0.717, 1.165) is 29.8 Å². The number of hydrazine groups is 1. The number of carbonyl (C=O) groups excluding carboxylic acids is 1. The molecule has 2 rings (SSSR count). The Bertz CT molecular complexity index is 478. The van der Waals surface area contributed by atoms with E-state index in [1.165, 1.54) is 0 Å². The van der Waals surface area contributed by atoms with Gasteiger partial charge in [0, 0.05) is 17.6 Å². The monoisotopic (exact) mass is 309 g/mol. The van der Waals surface area contributed by atoms with Crippen LogP contribution in [0, 0.1) is 5.92 Å². The van der Waals surface area contributed by atoms with Crippen molar-refractivity contribution in [3.8, 4) is 0 Å². The van der Waals surface area contributed by atoms with Gasteiger partial charge in [-0.1, -0.05) is 37.6 Å². The molecule has 116 valence electrons. The van der Waals surface area contributed by atoms with Gasteiger partial charge in [-0.3, -0.25) is 10.2 Å². The second-order valence-corrected chi connectivity index (χ2v) is 6.51. The lowest BCUT2D eigenvalue weighted by Gasteiger charge is -2.12. The number of halogens is 1. The molecule has 21 heavy (non-hydrogen) atoms. The summed E-state index contributed by atoms with van der Waals surface area (Å²) in [5.41, 5.74) is 7.43. The lowest BCUT2D eigenvalue weighted by atomic mass is 10.00. The van der Waals surface area contributed by atoms with Crippen LogP contribution in [0.2, 0.25) is 5.02 Å². The zero-order chi connectivity index (χ0) is 15.2. The number of nitrogens with one attached hydrogen (secondary N) is 3. The van der Waals surface area contributed by atoms with Gasteiger partial charge < -0.3 is 5.32 Å². The molecule has 1 aromatic rings. The smallest absolute Gasteiger partial charge is 0.238 e. The summed E-state index contributed by atoms with van der Waals surface area (Å²) in [6.45, 7) is 5.02. The number of hydrogen-bond acceptors (Lipinski definition) is 3. The molecule has 0 bridgehead atoms. The Labute approximate surface area is 131 Å². The van der Waals surface area contributed by atoms with Crippen LogP contribution >= 0.6 is 11.6 Å². The number of hydrogen-bond donors (Lipinski definition) is 3. The summed E-state index contributed by atoms with van der Waals surface area (Å²) in [5, 5.41) is 3.72. The fraction of sp³-hybridized carbons (Fsp3) is 0.562. The van der Waals surface area contributed by atoms with Crippen molar-refractivity contribution in [2.45, 2.75) is 45.2 Å². The van der Waals surface area contributed by atoms with Crippen LogP contribution in [0.1, 0.15) is 32.3 Å². The summed E-state index contributed by atoms with van der Waals surface area (Å²) in [5.74, 6) is 0.699. The van der Waals surface area contributed by atoms with Gasteiger partial charge in [0.05, 0.1) is 0 Å². The lowest BCUT2D eigenvalue weighted by molar-refractivity contribution is -0.122. The van der Waals surface area contributed by atoms with Crippen molar-refractivity contribution in [1.29, 1.82) is 0 Å². The summed E-state index contributed by atoms with van der Waals surface area (Å²) in [6, 6.07) is 7.99. The SMILES string of the molecule is CC(C)CC1CC(C(=O)NCCc2cccc(Cl)c2)NN1. The van der Waals surface area contributed by atoms with E-state index in [9.17, 15) is 4.79 Å². The Hall–Kier alpha value is -1.10. The second-order valence-electron chi connectivity index (χ2n) is 6.07. The van der Waals surface area contributed by atoms with Gasteiger partial charge in [-0.15, -0.1) is 0 Å². The van der Waals surface area contributed by atoms with Gasteiger partial charge in [0.1, 0.15) is 6.04 Å². The maximum Gasteiger partial charge on any atom is 0.238 e. The molecule has 0 saturated carbocycles. The number of rotatable bonds is 6. The van der Waals surface area contributed by atoms with E-state index in [2.05, 4.69) is 30.0 Å². The third kappa shape index (κ3) is 5.30. The predicted molar refractivity (Wildman–Crippen MR) is 86.1 cm³/mol. The molecule has 0 aliphatic carbocycles. The lowest BCUT2D eigenvalue weighted by Crippen LogP contribution is -2.44. The van der Waals surface area contributed by atoms with Gasteiger partial charge in [-0.25, -0.2) is 5.43 Å². The zero-order valence-corrected chi connectivity index (χ0v) is 13.4. The summed E-state index contributed by atoms with van der Waals surface area (Å²) < 4.78 is 0. The van der Waals surface area contributed by atoms with Crippen molar-refractivity contribution >= 4 is 17.5 Å². The van der Waals surface area contributed by atoms with E-state index in [0.29, 0.717) is 18.5 Å². The van der Waals surface area contributed by atoms with Crippen LogP contribution in [-0.4, -0.2) is 24.5 Å². The summed E-state index contributed by atoms with van der Waals surface area (Å²) >= 11 is 5.94. The fourth-order valence-corrected chi connectivity index (χ4v) is 2.88. The molecule has 1 saturated heterocycles. The van der Waals surface area contributed by atoms with Crippen molar-refractivity contribution in [3.05, 3.63) is 34.9 Å². The largest absolute Gasteiger partial charge is 0.354 e. The molecule has 2 atom stereocenters. The molecular weight excluding hydrogens is 286 g/mol. The molecule has 3 N–H and O–H groups in total. The number of carbonyl (C=O) groups is 1. The molecule has 1 fully saturated rings. The molecule has 1 amide bonds. The van der Waals surface area contributed by atoms with Crippen molar-refractivity contribution in [2.24, 2.45) is 5.92 Å². The minimum Gasteiger partial charge on any atom is -0.354 e. The van der Waals surface area contributed by atoms with E-state index in [1.54, 1.807) is 0 Å². The Morgan fingerprint density at radius 2 is 2.24 bits per heavy atom. The van der Waals surface area contributed by atoms with E-state index in [4.69, 9.17) is 11.6 Å². The maximum atomic E-state index is 12.1. The minimum absolute atomic E-state index is 0.0655. The van der Waals surface area contributed by atoms with Gasteiger partial charge in [0.25, 0.3) is 0 Å². The molecule has 0 radical (unpaired) electrons. The van der Waals surface area contributed by atoms with Gasteiger partial charge in [-0.2, -0.15) is 0 Å². The van der Waals surface area contributed by atoms with Crippen molar-refractivity contribution in [3.63, 3.8) is 0 Å². The van der Waals surface area contributed by atoms with E-state index in [1.807, 2.05) is 24.3 Å². The zero-order valence-electron chi connectivity index (χ0n) is 12.7. The number of benzene rings is 1. The van der Waals surface area contributed by atoms with Gasteiger partial charge in [-0.05, 0) is 42.9 Å². The molecule has 0 spiro atoms. The maximum absolute atomic E-state index is 12.1. The first-order valence-corrected chi connectivity index (χ1v) is 7.95. The third-order valence-electron chi connectivity index (χ3n) is 3.66. The minimum atomic E-state index is -0.131. The fourth-order valence-electron chi connectivity index (χ4n) is 2.66. The van der Waals surface area contributed by atoms with Crippen molar-refractivity contribution in [2.75, 3.05) is 6.54 Å². The standard InChI is InChI=1S/C16H24ClN3O/c1-11(2)8-14-10-15(20-19-14)16(21)18-7-6-12-4-3-5-13(17)9-12/h3-5,9,11,14-15,19-20H,6-8,10H2,1-2H3,(H,18,21). The quantitative estimate of drug-likeness (QED) is 0.755. The molecule has 1 heterocycles. The Balaban J connectivity index is 1.70.